The van der Waals surface area contributed by atoms with E-state index < -0.39 is 5.25 Å². The smallest absolute Gasteiger partial charge is 0.240 e. The molecule has 1 aliphatic heterocycles. The molecule has 144 valence electrons. The molecule has 1 fully saturated rings. The first-order chi connectivity index (χ1) is 13.5. The zero-order valence-electron chi connectivity index (χ0n) is 15.5. The highest BCUT2D eigenvalue weighted by atomic mass is 32.2. The molecule has 8 heteroatoms. The number of amides is 2. The average molecular weight is 396 g/mol. The van der Waals surface area contributed by atoms with Crippen molar-refractivity contribution < 1.29 is 14.3 Å². The van der Waals surface area contributed by atoms with Gasteiger partial charge in [-0.3, -0.25) is 9.59 Å². The highest BCUT2D eigenvalue weighted by Crippen LogP contribution is 2.23. The number of carbonyl (C=O) groups is 2. The molecule has 28 heavy (non-hydrogen) atoms. The van der Waals surface area contributed by atoms with Crippen LogP contribution in [0.25, 0.3) is 0 Å². The van der Waals surface area contributed by atoms with E-state index in [2.05, 4.69) is 20.8 Å². The van der Waals surface area contributed by atoms with Crippen molar-refractivity contribution in [2.45, 2.75) is 18.6 Å². The number of amidine groups is 1. The minimum Gasteiger partial charge on any atom is -0.497 e. The van der Waals surface area contributed by atoms with Crippen molar-refractivity contribution in [2.75, 3.05) is 12.4 Å². The normalized spacial score (nSPS) is 17.7. The minimum absolute atomic E-state index is 0.0612. The van der Waals surface area contributed by atoms with Gasteiger partial charge in [0.25, 0.3) is 0 Å². The molecule has 1 atom stereocenters. The molecule has 2 aromatic rings. The summed E-state index contributed by atoms with van der Waals surface area (Å²) in [5.41, 5.74) is 2.62. The number of methoxy groups -OCH3 is 1. The van der Waals surface area contributed by atoms with Gasteiger partial charge in [-0.05, 0) is 54.4 Å². The molecule has 1 saturated heterocycles. The number of nitrogens with zero attached hydrogens (tertiary/aromatic N) is 2. The predicted molar refractivity (Wildman–Crippen MR) is 112 cm³/mol. The maximum Gasteiger partial charge on any atom is 0.240 e. The highest BCUT2D eigenvalue weighted by Gasteiger charge is 2.32. The molecule has 0 radical (unpaired) electrons. The van der Waals surface area contributed by atoms with E-state index in [4.69, 9.17) is 4.74 Å². The molecule has 3 rings (SSSR count). The Kier molecular flexibility index (Phi) is 6.44. The number of hydrogen-bond acceptors (Lipinski definition) is 6. The van der Waals surface area contributed by atoms with Gasteiger partial charge in [-0.15, -0.1) is 5.10 Å². The summed E-state index contributed by atoms with van der Waals surface area (Å²) in [6.07, 6.45) is 1.64. The Morgan fingerprint density at radius 1 is 1.29 bits per heavy atom. The number of anilines is 1. The molecule has 2 N–H and O–H groups in total. The molecule has 0 aromatic heterocycles. The van der Waals surface area contributed by atoms with Crippen LogP contribution in [-0.4, -0.2) is 35.6 Å². The Morgan fingerprint density at radius 3 is 2.79 bits per heavy atom. The van der Waals surface area contributed by atoms with Crippen LogP contribution in [0.5, 0.6) is 5.75 Å². The summed E-state index contributed by atoms with van der Waals surface area (Å²) < 4.78 is 5.10. The van der Waals surface area contributed by atoms with Gasteiger partial charge in [0, 0.05) is 12.1 Å². The Hall–Kier alpha value is -3.13. The van der Waals surface area contributed by atoms with Gasteiger partial charge in [0.2, 0.25) is 11.8 Å². The predicted octanol–water partition coefficient (Wildman–Crippen LogP) is 2.95. The minimum atomic E-state index is -0.528. The third kappa shape index (κ3) is 5.43. The maximum atomic E-state index is 12.2. The van der Waals surface area contributed by atoms with Crippen LogP contribution in [0.2, 0.25) is 0 Å². The fourth-order valence-corrected chi connectivity index (χ4v) is 3.45. The second-order valence-corrected chi connectivity index (χ2v) is 7.33. The van der Waals surface area contributed by atoms with Gasteiger partial charge in [-0.2, -0.15) is 5.10 Å². The largest absolute Gasteiger partial charge is 0.497 e. The molecule has 1 aliphatic rings. The Balaban J connectivity index is 1.54. The van der Waals surface area contributed by atoms with Crippen molar-refractivity contribution in [1.29, 1.82) is 0 Å². The fraction of sp³-hybridized carbons (Fsp3) is 0.200. The number of rotatable bonds is 6. The van der Waals surface area contributed by atoms with Crippen LogP contribution in [0.15, 0.2) is 58.7 Å². The quantitative estimate of drug-likeness (QED) is 0.580. The lowest BCUT2D eigenvalue weighted by atomic mass is 10.2. The third-order valence-corrected chi connectivity index (χ3v) is 4.99. The van der Waals surface area contributed by atoms with Crippen LogP contribution in [0, 0.1) is 6.92 Å². The molecule has 7 nitrogen and oxygen atoms in total. The fourth-order valence-electron chi connectivity index (χ4n) is 2.53. The lowest BCUT2D eigenvalue weighted by molar-refractivity contribution is -0.122. The number of carbonyl (C=O) groups excluding carboxylic acids is 2. The molecule has 2 amide bonds. The first-order valence-electron chi connectivity index (χ1n) is 8.62. The molecule has 0 spiro atoms. The Bertz CT molecular complexity index is 925. The zero-order chi connectivity index (χ0) is 19.9. The van der Waals surface area contributed by atoms with E-state index in [9.17, 15) is 9.59 Å². The van der Waals surface area contributed by atoms with E-state index in [0.29, 0.717) is 10.9 Å². The van der Waals surface area contributed by atoms with Crippen LogP contribution < -0.4 is 15.4 Å². The molecular formula is C20H20N4O3S. The lowest BCUT2D eigenvalue weighted by Crippen LogP contribution is -2.28. The molecule has 0 bridgehead atoms. The number of ether oxygens (including phenoxy) is 1. The van der Waals surface area contributed by atoms with Gasteiger partial charge in [0.15, 0.2) is 5.17 Å². The van der Waals surface area contributed by atoms with E-state index in [-0.39, 0.29) is 18.2 Å². The molecular weight excluding hydrogens is 376 g/mol. The van der Waals surface area contributed by atoms with Gasteiger partial charge in [-0.25, -0.2) is 0 Å². The van der Waals surface area contributed by atoms with E-state index in [1.54, 1.807) is 13.3 Å². The summed E-state index contributed by atoms with van der Waals surface area (Å²) in [6, 6.07) is 14.8. The zero-order valence-corrected chi connectivity index (χ0v) is 16.3. The number of aryl methyl sites for hydroxylation is 1. The molecule has 0 aliphatic carbocycles. The monoisotopic (exact) mass is 396 g/mol. The molecule has 1 heterocycles. The van der Waals surface area contributed by atoms with Crippen LogP contribution in [0.1, 0.15) is 17.5 Å². The van der Waals surface area contributed by atoms with E-state index in [1.165, 1.54) is 11.8 Å². The van der Waals surface area contributed by atoms with Crippen molar-refractivity contribution in [3.63, 3.8) is 0 Å². The van der Waals surface area contributed by atoms with Gasteiger partial charge >= 0.3 is 0 Å². The van der Waals surface area contributed by atoms with Crippen LogP contribution >= 0.6 is 11.8 Å². The number of nitrogens with one attached hydrogen (secondary N) is 2. The van der Waals surface area contributed by atoms with Crippen molar-refractivity contribution in [3.05, 3.63) is 59.7 Å². The topological polar surface area (TPSA) is 92.2 Å². The second kappa shape index (κ2) is 9.18. The average Bonchev–Trinajstić information content (AvgIpc) is 3.01. The highest BCUT2D eigenvalue weighted by molar-refractivity contribution is 8.15. The van der Waals surface area contributed by atoms with Gasteiger partial charge in [0.1, 0.15) is 11.0 Å². The van der Waals surface area contributed by atoms with Crippen molar-refractivity contribution in [2.24, 2.45) is 10.2 Å². The SMILES string of the molecule is COc1ccc(/C=N\N=C2\NC(=O)[C@@H](CC(=O)Nc3cccc(C)c3)S2)cc1. The maximum absolute atomic E-state index is 12.2. The van der Waals surface area contributed by atoms with Crippen LogP contribution in [0.4, 0.5) is 5.69 Å². The van der Waals surface area contributed by atoms with Gasteiger partial charge < -0.3 is 15.4 Å². The summed E-state index contributed by atoms with van der Waals surface area (Å²) in [5, 5.41) is 13.3. The van der Waals surface area contributed by atoms with E-state index in [0.717, 1.165) is 16.9 Å². The number of hydrogen-bond donors (Lipinski definition) is 2. The van der Waals surface area contributed by atoms with Gasteiger partial charge in [0.05, 0.1) is 13.3 Å². The van der Waals surface area contributed by atoms with Crippen molar-refractivity contribution in [1.82, 2.24) is 5.32 Å². The van der Waals surface area contributed by atoms with Gasteiger partial charge in [-0.1, -0.05) is 23.9 Å². The molecule has 0 unspecified atom stereocenters. The van der Waals surface area contributed by atoms with E-state index >= 15 is 0 Å². The number of benzene rings is 2. The lowest BCUT2D eigenvalue weighted by Gasteiger charge is -2.07. The standard InChI is InChI=1S/C20H20N4O3S/c1-13-4-3-5-15(10-13)22-18(25)11-17-19(26)23-20(28-17)24-21-12-14-6-8-16(27-2)9-7-14/h3-10,12,17H,11H2,1-2H3,(H,22,25)(H,23,24,26)/b21-12-/t17-/m1/s1. The first kappa shape index (κ1) is 19.6. The molecule has 0 saturated carbocycles. The molecule has 2 aromatic carbocycles. The van der Waals surface area contributed by atoms with E-state index in [1.807, 2.05) is 55.5 Å². The summed E-state index contributed by atoms with van der Waals surface area (Å²) >= 11 is 1.20. The first-order valence-corrected chi connectivity index (χ1v) is 9.50. The van der Waals surface area contributed by atoms with Crippen molar-refractivity contribution in [3.8, 4) is 5.75 Å². The van der Waals surface area contributed by atoms with Crippen molar-refractivity contribution >= 4 is 40.6 Å². The summed E-state index contributed by atoms with van der Waals surface area (Å²) in [5.74, 6) is 0.290. The van der Waals surface area contributed by atoms with Crippen LogP contribution in [0.3, 0.4) is 0 Å². The Morgan fingerprint density at radius 2 is 2.07 bits per heavy atom. The number of thioether (sulfide) groups is 1. The second-order valence-electron chi connectivity index (χ2n) is 6.14. The Labute approximate surface area is 167 Å². The summed E-state index contributed by atoms with van der Waals surface area (Å²) in [4.78, 5) is 24.3. The summed E-state index contributed by atoms with van der Waals surface area (Å²) in [7, 11) is 1.60. The third-order valence-electron chi connectivity index (χ3n) is 3.92. The van der Waals surface area contributed by atoms with Crippen LogP contribution in [-0.2, 0) is 9.59 Å². The summed E-state index contributed by atoms with van der Waals surface area (Å²) in [6.45, 7) is 1.95.